The average Bonchev–Trinajstić information content (AvgIpc) is 2.93. The molecule has 0 spiro atoms. The Bertz CT molecular complexity index is 527. The number of hydrogen-bond acceptors (Lipinski definition) is 3. The molecule has 1 aliphatic rings. The molecule has 1 aromatic rings. The van der Waals surface area contributed by atoms with E-state index in [2.05, 4.69) is 17.2 Å². The van der Waals surface area contributed by atoms with Crippen LogP contribution in [0.4, 0.5) is 5.69 Å². The number of aliphatic hydroxyl groups excluding tert-OH is 1. The van der Waals surface area contributed by atoms with E-state index in [0.717, 1.165) is 6.42 Å². The van der Waals surface area contributed by atoms with Crippen molar-refractivity contribution in [1.82, 2.24) is 0 Å². The molecule has 0 aromatic heterocycles. The van der Waals surface area contributed by atoms with Crippen LogP contribution in [0.5, 0.6) is 0 Å². The van der Waals surface area contributed by atoms with Gasteiger partial charge in [0.2, 0.25) is 5.91 Å². The van der Waals surface area contributed by atoms with Gasteiger partial charge < -0.3 is 15.2 Å². The summed E-state index contributed by atoms with van der Waals surface area (Å²) in [6.07, 6.45) is 0.730. The lowest BCUT2D eigenvalue weighted by atomic mass is 10.1. The highest BCUT2D eigenvalue weighted by Gasteiger charge is 2.23. The number of anilines is 1. The molecule has 1 aromatic carbocycles. The van der Waals surface area contributed by atoms with Crippen LogP contribution < -0.4 is 5.32 Å². The van der Waals surface area contributed by atoms with Crippen LogP contribution in [0.25, 0.3) is 0 Å². The van der Waals surface area contributed by atoms with Crippen LogP contribution in [0, 0.1) is 17.8 Å². The number of aliphatic hydroxyl groups is 1. The van der Waals surface area contributed by atoms with Gasteiger partial charge in [-0.1, -0.05) is 23.4 Å². The van der Waals surface area contributed by atoms with E-state index in [4.69, 9.17) is 21.4 Å². The summed E-state index contributed by atoms with van der Waals surface area (Å²) in [5.41, 5.74) is 1.22. The fourth-order valence-corrected chi connectivity index (χ4v) is 1.98. The Balaban J connectivity index is 2.12. The first-order valence-electron chi connectivity index (χ1n) is 5.98. The van der Waals surface area contributed by atoms with Gasteiger partial charge in [-0.05, 0) is 24.6 Å². The highest BCUT2D eigenvalue weighted by Crippen LogP contribution is 2.24. The SMILES string of the molecule is O=C(Nc1cc(C#CCO)ccc1Cl)C1CCOC1. The van der Waals surface area contributed by atoms with Crippen LogP contribution in [0.1, 0.15) is 12.0 Å². The maximum absolute atomic E-state index is 12.0. The van der Waals surface area contributed by atoms with Crippen molar-refractivity contribution in [3.8, 4) is 11.8 Å². The largest absolute Gasteiger partial charge is 0.384 e. The number of halogens is 1. The Kier molecular flexibility index (Phi) is 4.80. The predicted octanol–water partition coefficient (Wildman–Crippen LogP) is 1.66. The average molecular weight is 280 g/mol. The third kappa shape index (κ3) is 3.71. The Morgan fingerprint density at radius 2 is 2.42 bits per heavy atom. The van der Waals surface area contributed by atoms with Crippen LogP contribution in [-0.4, -0.2) is 30.8 Å². The Hall–Kier alpha value is -1.54. The van der Waals surface area contributed by atoms with E-state index in [9.17, 15) is 4.79 Å². The summed E-state index contributed by atoms with van der Waals surface area (Å²) >= 11 is 6.04. The number of rotatable bonds is 2. The molecule has 1 fully saturated rings. The van der Waals surface area contributed by atoms with Crippen molar-refractivity contribution >= 4 is 23.2 Å². The topological polar surface area (TPSA) is 58.6 Å². The molecule has 100 valence electrons. The van der Waals surface area contributed by atoms with Gasteiger partial charge in [0.05, 0.1) is 23.2 Å². The number of carbonyl (C=O) groups excluding carboxylic acids is 1. The summed E-state index contributed by atoms with van der Waals surface area (Å²) in [5.74, 6) is 5.11. The second-order valence-electron chi connectivity index (χ2n) is 4.20. The monoisotopic (exact) mass is 279 g/mol. The van der Waals surface area contributed by atoms with E-state index in [1.165, 1.54) is 0 Å². The first-order chi connectivity index (χ1) is 9.20. The Morgan fingerprint density at radius 1 is 1.58 bits per heavy atom. The minimum atomic E-state index is -0.205. The normalized spacial score (nSPS) is 17.7. The van der Waals surface area contributed by atoms with Gasteiger partial charge in [-0.2, -0.15) is 0 Å². The molecular weight excluding hydrogens is 266 g/mol. The van der Waals surface area contributed by atoms with Gasteiger partial charge in [-0.3, -0.25) is 4.79 Å². The van der Waals surface area contributed by atoms with Crippen molar-refractivity contribution in [3.63, 3.8) is 0 Å². The lowest BCUT2D eigenvalue weighted by molar-refractivity contribution is -0.119. The number of carbonyl (C=O) groups is 1. The first kappa shape index (κ1) is 13.9. The van der Waals surface area contributed by atoms with Crippen molar-refractivity contribution in [3.05, 3.63) is 28.8 Å². The molecule has 4 nitrogen and oxygen atoms in total. The maximum Gasteiger partial charge on any atom is 0.229 e. The third-order valence-corrected chi connectivity index (χ3v) is 3.17. The number of benzene rings is 1. The highest BCUT2D eigenvalue weighted by molar-refractivity contribution is 6.33. The quantitative estimate of drug-likeness (QED) is 0.810. The van der Waals surface area contributed by atoms with Crippen LogP contribution in [-0.2, 0) is 9.53 Å². The van der Waals surface area contributed by atoms with E-state index in [1.54, 1.807) is 18.2 Å². The maximum atomic E-state index is 12.0. The summed E-state index contributed by atoms with van der Waals surface area (Å²) in [6.45, 7) is 0.866. The van der Waals surface area contributed by atoms with Gasteiger partial charge in [-0.15, -0.1) is 0 Å². The number of hydrogen-bond donors (Lipinski definition) is 2. The molecule has 1 heterocycles. The molecule has 0 aliphatic carbocycles. The van der Waals surface area contributed by atoms with E-state index in [-0.39, 0.29) is 18.4 Å². The minimum Gasteiger partial charge on any atom is -0.384 e. The van der Waals surface area contributed by atoms with Crippen LogP contribution in [0.15, 0.2) is 18.2 Å². The second-order valence-corrected chi connectivity index (χ2v) is 4.61. The molecule has 1 atom stereocenters. The van der Waals surface area contributed by atoms with E-state index >= 15 is 0 Å². The van der Waals surface area contributed by atoms with Gasteiger partial charge in [0.1, 0.15) is 6.61 Å². The lowest BCUT2D eigenvalue weighted by Crippen LogP contribution is -2.23. The summed E-state index contributed by atoms with van der Waals surface area (Å²) < 4.78 is 5.18. The molecule has 0 bridgehead atoms. The molecule has 2 rings (SSSR count). The van der Waals surface area contributed by atoms with Crippen molar-refractivity contribution in [1.29, 1.82) is 0 Å². The zero-order chi connectivity index (χ0) is 13.7. The fourth-order valence-electron chi connectivity index (χ4n) is 1.82. The standard InChI is InChI=1S/C14H14ClNO3/c15-12-4-3-10(2-1-6-17)8-13(12)16-14(18)11-5-7-19-9-11/h3-4,8,11,17H,5-7,9H2,(H,16,18). The number of amides is 1. The van der Waals surface area contributed by atoms with Gasteiger partial charge in [0.25, 0.3) is 0 Å². The summed E-state index contributed by atoms with van der Waals surface area (Å²) in [5, 5.41) is 11.9. The Morgan fingerprint density at radius 3 is 3.11 bits per heavy atom. The van der Waals surface area contributed by atoms with Gasteiger partial charge in [0, 0.05) is 12.2 Å². The zero-order valence-corrected chi connectivity index (χ0v) is 11.0. The highest BCUT2D eigenvalue weighted by atomic mass is 35.5. The van der Waals surface area contributed by atoms with E-state index in [1.807, 2.05) is 0 Å². The molecule has 2 N–H and O–H groups in total. The summed E-state index contributed by atoms with van der Waals surface area (Å²) in [4.78, 5) is 12.0. The molecule has 1 aliphatic heterocycles. The van der Waals surface area contributed by atoms with E-state index < -0.39 is 0 Å². The second kappa shape index (κ2) is 6.58. The molecule has 1 amide bonds. The van der Waals surface area contributed by atoms with Crippen molar-refractivity contribution in [2.45, 2.75) is 6.42 Å². The third-order valence-electron chi connectivity index (χ3n) is 2.84. The van der Waals surface area contributed by atoms with Gasteiger partial charge in [-0.25, -0.2) is 0 Å². The van der Waals surface area contributed by atoms with Crippen LogP contribution in [0.3, 0.4) is 0 Å². The summed E-state index contributed by atoms with van der Waals surface area (Å²) in [6, 6.07) is 5.10. The lowest BCUT2D eigenvalue weighted by Gasteiger charge is -2.11. The molecule has 1 saturated heterocycles. The molecule has 1 unspecified atom stereocenters. The van der Waals surface area contributed by atoms with Crippen molar-refractivity contribution in [2.24, 2.45) is 5.92 Å². The first-order valence-corrected chi connectivity index (χ1v) is 6.36. The molecular formula is C14H14ClNO3. The van der Waals surface area contributed by atoms with Crippen LogP contribution in [0.2, 0.25) is 5.02 Å². The molecule has 0 saturated carbocycles. The molecule has 5 heteroatoms. The fraction of sp³-hybridized carbons (Fsp3) is 0.357. The van der Waals surface area contributed by atoms with Crippen LogP contribution >= 0.6 is 11.6 Å². The summed E-state index contributed by atoms with van der Waals surface area (Å²) in [7, 11) is 0. The smallest absolute Gasteiger partial charge is 0.229 e. The minimum absolute atomic E-state index is 0.0910. The number of ether oxygens (including phenoxy) is 1. The molecule has 19 heavy (non-hydrogen) atoms. The number of nitrogens with one attached hydrogen (secondary N) is 1. The van der Waals surface area contributed by atoms with Crippen molar-refractivity contribution in [2.75, 3.05) is 25.1 Å². The predicted molar refractivity (Wildman–Crippen MR) is 73.0 cm³/mol. The van der Waals surface area contributed by atoms with E-state index in [0.29, 0.717) is 29.5 Å². The molecule has 0 radical (unpaired) electrons. The Labute approximate surface area is 116 Å². The van der Waals surface area contributed by atoms with Crippen molar-refractivity contribution < 1.29 is 14.6 Å². The van der Waals surface area contributed by atoms with Gasteiger partial charge in [0.15, 0.2) is 0 Å². The van der Waals surface area contributed by atoms with Gasteiger partial charge >= 0.3 is 0 Å². The zero-order valence-electron chi connectivity index (χ0n) is 10.3.